The summed E-state index contributed by atoms with van der Waals surface area (Å²) in [4.78, 5) is 25.2. The van der Waals surface area contributed by atoms with Crippen molar-refractivity contribution in [3.63, 3.8) is 0 Å². The Hall–Kier alpha value is -2.93. The molecule has 7 heteroatoms. The largest absolute Gasteiger partial charge is 0.322 e. The zero-order valence-electron chi connectivity index (χ0n) is 15.9. The summed E-state index contributed by atoms with van der Waals surface area (Å²) < 4.78 is 2.70. The highest BCUT2D eigenvalue weighted by atomic mass is 79.9. The highest BCUT2D eigenvalue weighted by Crippen LogP contribution is 2.40. The second-order valence-corrected chi connectivity index (χ2v) is 8.15. The maximum Gasteiger partial charge on any atom is 0.256 e. The van der Waals surface area contributed by atoms with Crippen molar-refractivity contribution in [1.29, 1.82) is 0 Å². The summed E-state index contributed by atoms with van der Waals surface area (Å²) in [5.41, 5.74) is 1.55. The number of aromatic nitrogens is 2. The van der Waals surface area contributed by atoms with Gasteiger partial charge < -0.3 is 10.6 Å². The predicted molar refractivity (Wildman–Crippen MR) is 116 cm³/mol. The number of amides is 2. The molecule has 2 N–H and O–H groups in total. The summed E-state index contributed by atoms with van der Waals surface area (Å²) in [7, 11) is 0. The van der Waals surface area contributed by atoms with Crippen LogP contribution in [-0.2, 0) is 0 Å². The number of nitrogens with one attached hydrogen (secondary N) is 2. The minimum atomic E-state index is -0.242. The fourth-order valence-corrected chi connectivity index (χ4v) is 3.68. The first-order valence-electron chi connectivity index (χ1n) is 9.53. The van der Waals surface area contributed by atoms with Crippen molar-refractivity contribution in [2.45, 2.75) is 25.8 Å². The van der Waals surface area contributed by atoms with Crippen molar-refractivity contribution in [3.8, 4) is 0 Å². The average Bonchev–Trinajstić information content (AvgIpc) is 3.47. The molecule has 1 saturated carbocycles. The number of halogens is 1. The molecule has 4 rings (SSSR count). The van der Waals surface area contributed by atoms with Gasteiger partial charge in [-0.15, -0.1) is 0 Å². The van der Waals surface area contributed by atoms with Gasteiger partial charge in [-0.25, -0.2) is 4.68 Å². The maximum atomic E-state index is 12.8. The lowest BCUT2D eigenvalue weighted by atomic mass is 10.1. The molecule has 0 aliphatic heterocycles. The molecule has 1 aliphatic carbocycles. The lowest BCUT2D eigenvalue weighted by Gasteiger charge is -2.15. The van der Waals surface area contributed by atoms with Crippen LogP contribution < -0.4 is 10.6 Å². The molecule has 1 aliphatic rings. The summed E-state index contributed by atoms with van der Waals surface area (Å²) in [5.74, 6) is 0.827. The van der Waals surface area contributed by atoms with Crippen LogP contribution >= 0.6 is 15.9 Å². The Morgan fingerprint density at radius 2 is 1.72 bits per heavy atom. The summed E-state index contributed by atoms with van der Waals surface area (Å²) in [6.45, 7) is 2.12. The summed E-state index contributed by atoms with van der Waals surface area (Å²) in [5, 5.41) is 10.1. The van der Waals surface area contributed by atoms with E-state index in [2.05, 4.69) is 38.6 Å². The van der Waals surface area contributed by atoms with Crippen LogP contribution in [0.4, 0.5) is 11.5 Å². The van der Waals surface area contributed by atoms with Crippen molar-refractivity contribution >= 4 is 39.2 Å². The van der Waals surface area contributed by atoms with E-state index in [9.17, 15) is 9.59 Å². The second-order valence-electron chi connectivity index (χ2n) is 7.24. The number of hydrogen-bond donors (Lipinski definition) is 2. The molecule has 148 valence electrons. The summed E-state index contributed by atoms with van der Waals surface area (Å²) in [6, 6.07) is 16.1. The number of nitrogens with zero attached hydrogens (tertiary/aromatic N) is 2. The van der Waals surface area contributed by atoms with Crippen molar-refractivity contribution in [3.05, 3.63) is 76.4 Å². The molecule has 1 heterocycles. The smallest absolute Gasteiger partial charge is 0.256 e. The van der Waals surface area contributed by atoms with Gasteiger partial charge in [0.1, 0.15) is 5.82 Å². The van der Waals surface area contributed by atoms with E-state index in [1.807, 2.05) is 10.7 Å². The molecule has 0 bridgehead atoms. The SMILES string of the molecule is CC(C1CC1)n1nccc1NC(=O)c1cccc(NC(=O)c2cccc(Br)c2)c1. The van der Waals surface area contributed by atoms with Gasteiger partial charge in [0.05, 0.1) is 12.2 Å². The van der Waals surface area contributed by atoms with E-state index >= 15 is 0 Å². The van der Waals surface area contributed by atoms with E-state index < -0.39 is 0 Å². The lowest BCUT2D eigenvalue weighted by molar-refractivity contribution is 0.101. The predicted octanol–water partition coefficient (Wildman–Crippen LogP) is 5.12. The molecule has 0 saturated heterocycles. The van der Waals surface area contributed by atoms with Crippen LogP contribution in [0.1, 0.15) is 46.5 Å². The molecule has 0 spiro atoms. The zero-order valence-corrected chi connectivity index (χ0v) is 17.5. The number of carbonyl (C=O) groups is 2. The minimum Gasteiger partial charge on any atom is -0.322 e. The first-order valence-corrected chi connectivity index (χ1v) is 10.3. The normalized spacial score (nSPS) is 14.3. The van der Waals surface area contributed by atoms with Crippen LogP contribution in [0.2, 0.25) is 0 Å². The molecule has 1 fully saturated rings. The van der Waals surface area contributed by atoms with Gasteiger partial charge in [-0.05, 0) is 62.1 Å². The molecule has 1 atom stereocenters. The van der Waals surface area contributed by atoms with Crippen LogP contribution in [0.15, 0.2) is 65.3 Å². The first-order chi connectivity index (χ1) is 14.0. The van der Waals surface area contributed by atoms with Gasteiger partial charge in [0.2, 0.25) is 0 Å². The first kappa shape index (κ1) is 19.4. The quantitative estimate of drug-likeness (QED) is 0.544. The third-order valence-electron chi connectivity index (χ3n) is 5.07. The minimum absolute atomic E-state index is 0.236. The number of hydrogen-bond acceptors (Lipinski definition) is 3. The zero-order chi connectivity index (χ0) is 20.4. The van der Waals surface area contributed by atoms with Crippen LogP contribution in [0.25, 0.3) is 0 Å². The van der Waals surface area contributed by atoms with Gasteiger partial charge in [-0.1, -0.05) is 28.1 Å². The van der Waals surface area contributed by atoms with E-state index in [1.54, 1.807) is 54.7 Å². The third kappa shape index (κ3) is 4.56. The van der Waals surface area contributed by atoms with E-state index in [0.717, 1.165) is 4.47 Å². The molecule has 0 radical (unpaired) electrons. The molecule has 1 aromatic heterocycles. The highest BCUT2D eigenvalue weighted by Gasteiger charge is 2.30. The summed E-state index contributed by atoms with van der Waals surface area (Å²) in [6.07, 6.45) is 4.10. The van der Waals surface area contributed by atoms with Gasteiger partial charge in [-0.3, -0.25) is 9.59 Å². The fraction of sp³-hybridized carbons (Fsp3) is 0.227. The van der Waals surface area contributed by atoms with Gasteiger partial charge in [0, 0.05) is 27.4 Å². The highest BCUT2D eigenvalue weighted by molar-refractivity contribution is 9.10. The maximum absolute atomic E-state index is 12.8. The molecule has 2 amide bonds. The Morgan fingerprint density at radius 1 is 1.03 bits per heavy atom. The van der Waals surface area contributed by atoms with E-state index in [-0.39, 0.29) is 17.9 Å². The molecule has 2 aromatic carbocycles. The van der Waals surface area contributed by atoms with Crippen LogP contribution in [-0.4, -0.2) is 21.6 Å². The number of carbonyl (C=O) groups excluding carboxylic acids is 2. The number of rotatable bonds is 6. The van der Waals surface area contributed by atoms with Gasteiger partial charge in [0.25, 0.3) is 11.8 Å². The average molecular weight is 453 g/mol. The molecule has 3 aromatic rings. The molecule has 6 nitrogen and oxygen atoms in total. The Bertz CT molecular complexity index is 1060. The van der Waals surface area contributed by atoms with E-state index in [0.29, 0.717) is 28.6 Å². The van der Waals surface area contributed by atoms with Crippen LogP contribution in [0.3, 0.4) is 0 Å². The van der Waals surface area contributed by atoms with Crippen molar-refractivity contribution < 1.29 is 9.59 Å². The Kier molecular flexibility index (Phi) is 5.49. The van der Waals surface area contributed by atoms with Gasteiger partial charge >= 0.3 is 0 Å². The van der Waals surface area contributed by atoms with E-state index in [1.165, 1.54) is 12.8 Å². The van der Waals surface area contributed by atoms with Crippen LogP contribution in [0.5, 0.6) is 0 Å². The summed E-state index contributed by atoms with van der Waals surface area (Å²) >= 11 is 3.36. The molecular weight excluding hydrogens is 432 g/mol. The van der Waals surface area contributed by atoms with Gasteiger partial charge in [0.15, 0.2) is 0 Å². The van der Waals surface area contributed by atoms with Crippen molar-refractivity contribution in [2.75, 3.05) is 10.6 Å². The molecule has 1 unspecified atom stereocenters. The fourth-order valence-electron chi connectivity index (χ4n) is 3.28. The molecular formula is C22H21BrN4O2. The topological polar surface area (TPSA) is 76.0 Å². The number of anilines is 2. The molecule has 29 heavy (non-hydrogen) atoms. The monoisotopic (exact) mass is 452 g/mol. The standard InChI is InChI=1S/C22H21BrN4O2/c1-14(15-8-9-15)27-20(10-11-24-27)26-22(29)17-5-3-7-19(13-17)25-21(28)16-4-2-6-18(23)12-16/h2-7,10-15H,8-9H2,1H3,(H,25,28)(H,26,29). The van der Waals surface area contributed by atoms with Gasteiger partial charge in [-0.2, -0.15) is 5.10 Å². The Morgan fingerprint density at radius 3 is 2.45 bits per heavy atom. The number of benzene rings is 2. The van der Waals surface area contributed by atoms with Crippen molar-refractivity contribution in [1.82, 2.24) is 9.78 Å². The Balaban J connectivity index is 1.46. The van der Waals surface area contributed by atoms with E-state index in [4.69, 9.17) is 0 Å². The van der Waals surface area contributed by atoms with Crippen molar-refractivity contribution in [2.24, 2.45) is 5.92 Å². The Labute approximate surface area is 177 Å². The third-order valence-corrected chi connectivity index (χ3v) is 5.56. The lowest BCUT2D eigenvalue weighted by Crippen LogP contribution is -2.19. The second kappa shape index (κ2) is 8.21. The van der Waals surface area contributed by atoms with Crippen LogP contribution in [0, 0.1) is 5.92 Å².